The van der Waals surface area contributed by atoms with Gasteiger partial charge in [-0.1, -0.05) is 23.2 Å². The van der Waals surface area contributed by atoms with Crippen molar-refractivity contribution in [2.75, 3.05) is 7.11 Å². The lowest BCUT2D eigenvalue weighted by atomic mass is 10.3. The maximum atomic E-state index is 11.9. The molecule has 1 rings (SSSR count). The molecule has 0 saturated heterocycles. The molecule has 0 fully saturated rings. The normalized spacial score (nSPS) is 11.9. The minimum absolute atomic E-state index is 0.0568. The second-order valence-electron chi connectivity index (χ2n) is 3.69. The number of nitrogens with one attached hydrogen (secondary N) is 1. The van der Waals surface area contributed by atoms with Gasteiger partial charge in [0, 0.05) is 12.1 Å². The number of hydrogen-bond acceptors (Lipinski definition) is 3. The number of sulfonamides is 1. The average Bonchev–Trinajstić information content (AvgIpc) is 2.18. The Morgan fingerprint density at radius 1 is 1.24 bits per heavy atom. The molecule has 17 heavy (non-hydrogen) atoms. The number of ether oxygens (including phenoxy) is 1. The molecule has 0 amide bonds. The first-order chi connectivity index (χ1) is 7.77. The van der Waals surface area contributed by atoms with Crippen molar-refractivity contribution in [3.63, 3.8) is 0 Å². The second-order valence-corrected chi connectivity index (χ2v) is 6.19. The molecule has 0 aliphatic heterocycles. The summed E-state index contributed by atoms with van der Waals surface area (Å²) in [7, 11) is -2.23. The lowest BCUT2D eigenvalue weighted by Gasteiger charge is -2.12. The van der Waals surface area contributed by atoms with Gasteiger partial charge in [-0.25, -0.2) is 13.1 Å². The van der Waals surface area contributed by atoms with Crippen LogP contribution in [0.1, 0.15) is 13.8 Å². The highest BCUT2D eigenvalue weighted by Gasteiger charge is 2.21. The van der Waals surface area contributed by atoms with Gasteiger partial charge in [-0.2, -0.15) is 0 Å². The van der Waals surface area contributed by atoms with Crippen LogP contribution >= 0.6 is 23.2 Å². The van der Waals surface area contributed by atoms with Crippen molar-refractivity contribution in [3.05, 3.63) is 22.2 Å². The Hall–Kier alpha value is -0.490. The minimum Gasteiger partial charge on any atom is -0.495 e. The van der Waals surface area contributed by atoms with Crippen LogP contribution in [0, 0.1) is 0 Å². The molecule has 0 aliphatic rings. The third-order valence-electron chi connectivity index (χ3n) is 1.89. The summed E-state index contributed by atoms with van der Waals surface area (Å²) >= 11 is 11.8. The van der Waals surface area contributed by atoms with Crippen LogP contribution in [0.5, 0.6) is 5.75 Å². The van der Waals surface area contributed by atoms with Crippen molar-refractivity contribution in [2.24, 2.45) is 0 Å². The van der Waals surface area contributed by atoms with Gasteiger partial charge in [-0.3, -0.25) is 0 Å². The summed E-state index contributed by atoms with van der Waals surface area (Å²) in [6, 6.07) is 2.42. The molecular weight excluding hydrogens is 285 g/mol. The third kappa shape index (κ3) is 3.48. The van der Waals surface area contributed by atoms with Gasteiger partial charge in [0.05, 0.1) is 17.2 Å². The van der Waals surface area contributed by atoms with Crippen molar-refractivity contribution >= 4 is 33.2 Å². The highest BCUT2D eigenvalue weighted by molar-refractivity contribution is 7.89. The smallest absolute Gasteiger partial charge is 0.242 e. The fraction of sp³-hybridized carbons (Fsp3) is 0.400. The number of hydrogen-bond donors (Lipinski definition) is 1. The van der Waals surface area contributed by atoms with Gasteiger partial charge in [0.15, 0.2) is 0 Å². The van der Waals surface area contributed by atoms with Crippen molar-refractivity contribution in [2.45, 2.75) is 24.8 Å². The first kappa shape index (κ1) is 14.6. The summed E-state index contributed by atoms with van der Waals surface area (Å²) in [5.41, 5.74) is 0. The van der Waals surface area contributed by atoms with Gasteiger partial charge < -0.3 is 4.74 Å². The van der Waals surface area contributed by atoms with Gasteiger partial charge in [-0.05, 0) is 19.9 Å². The van der Waals surface area contributed by atoms with E-state index < -0.39 is 10.0 Å². The Bertz CT molecular complexity index is 515. The van der Waals surface area contributed by atoms with E-state index in [4.69, 9.17) is 27.9 Å². The zero-order valence-corrected chi connectivity index (χ0v) is 11.9. The molecule has 0 bridgehead atoms. The van der Waals surface area contributed by atoms with Crippen LogP contribution < -0.4 is 9.46 Å². The lowest BCUT2D eigenvalue weighted by molar-refractivity contribution is 0.414. The van der Waals surface area contributed by atoms with E-state index in [1.54, 1.807) is 13.8 Å². The number of benzene rings is 1. The molecule has 1 N–H and O–H groups in total. The fourth-order valence-electron chi connectivity index (χ4n) is 1.25. The monoisotopic (exact) mass is 297 g/mol. The van der Waals surface area contributed by atoms with Gasteiger partial charge >= 0.3 is 0 Å². The van der Waals surface area contributed by atoms with Crippen LogP contribution in [0.25, 0.3) is 0 Å². The summed E-state index contributed by atoms with van der Waals surface area (Å²) < 4.78 is 31.2. The maximum Gasteiger partial charge on any atom is 0.242 e. The van der Waals surface area contributed by atoms with Crippen molar-refractivity contribution in [3.8, 4) is 5.75 Å². The Morgan fingerprint density at radius 3 is 2.29 bits per heavy atom. The molecule has 0 radical (unpaired) electrons. The molecule has 0 saturated carbocycles. The van der Waals surface area contributed by atoms with Gasteiger partial charge in [0.25, 0.3) is 0 Å². The number of halogens is 2. The van der Waals surface area contributed by atoms with Gasteiger partial charge in [0.1, 0.15) is 10.6 Å². The summed E-state index contributed by atoms with van der Waals surface area (Å²) in [6.45, 7) is 3.44. The van der Waals surface area contributed by atoms with E-state index in [9.17, 15) is 8.42 Å². The largest absolute Gasteiger partial charge is 0.495 e. The Kier molecular flexibility index (Phi) is 4.66. The minimum atomic E-state index is -3.66. The third-order valence-corrected chi connectivity index (χ3v) is 4.31. The topological polar surface area (TPSA) is 55.4 Å². The SMILES string of the molecule is COc1cc(Cl)c(S(=O)(=O)NC(C)C)cc1Cl. The lowest BCUT2D eigenvalue weighted by Crippen LogP contribution is -2.30. The quantitative estimate of drug-likeness (QED) is 0.930. The van der Waals surface area contributed by atoms with E-state index in [1.165, 1.54) is 19.2 Å². The summed E-state index contributed by atoms with van der Waals surface area (Å²) in [4.78, 5) is -0.0568. The molecule has 0 spiro atoms. The van der Waals surface area contributed by atoms with Gasteiger partial charge in [-0.15, -0.1) is 0 Å². The van der Waals surface area contributed by atoms with E-state index in [0.29, 0.717) is 5.75 Å². The van der Waals surface area contributed by atoms with Crippen molar-refractivity contribution in [1.82, 2.24) is 4.72 Å². The molecule has 0 unspecified atom stereocenters. The maximum absolute atomic E-state index is 11.9. The zero-order valence-electron chi connectivity index (χ0n) is 9.62. The van der Waals surface area contributed by atoms with Crippen LogP contribution in [-0.2, 0) is 10.0 Å². The molecular formula is C10H13Cl2NO3S. The Labute approximate surface area is 111 Å². The number of methoxy groups -OCH3 is 1. The first-order valence-electron chi connectivity index (χ1n) is 4.83. The molecule has 1 aromatic rings. The first-order valence-corrected chi connectivity index (χ1v) is 7.07. The molecule has 4 nitrogen and oxygen atoms in total. The van der Waals surface area contributed by atoms with E-state index in [1.807, 2.05) is 0 Å². The molecule has 0 atom stereocenters. The molecule has 0 aliphatic carbocycles. The highest BCUT2D eigenvalue weighted by Crippen LogP contribution is 2.33. The van der Waals surface area contributed by atoms with E-state index in [-0.39, 0.29) is 21.0 Å². The second kappa shape index (κ2) is 5.44. The Morgan fingerprint density at radius 2 is 1.82 bits per heavy atom. The van der Waals surface area contributed by atoms with Crippen molar-refractivity contribution < 1.29 is 13.2 Å². The molecule has 0 aromatic heterocycles. The van der Waals surface area contributed by atoms with E-state index >= 15 is 0 Å². The van der Waals surface area contributed by atoms with Crippen LogP contribution in [0.15, 0.2) is 17.0 Å². The highest BCUT2D eigenvalue weighted by atomic mass is 35.5. The van der Waals surface area contributed by atoms with E-state index in [0.717, 1.165) is 0 Å². The van der Waals surface area contributed by atoms with Crippen LogP contribution in [0.3, 0.4) is 0 Å². The summed E-state index contributed by atoms with van der Waals surface area (Å²) in [5.74, 6) is 0.333. The fourth-order valence-corrected chi connectivity index (χ4v) is 3.35. The molecule has 96 valence electrons. The predicted molar refractivity (Wildman–Crippen MR) is 68.5 cm³/mol. The van der Waals surface area contributed by atoms with Crippen LogP contribution in [0.2, 0.25) is 10.0 Å². The number of rotatable bonds is 4. The molecule has 7 heteroatoms. The van der Waals surface area contributed by atoms with Crippen LogP contribution in [0.4, 0.5) is 0 Å². The molecule has 1 aromatic carbocycles. The van der Waals surface area contributed by atoms with Gasteiger partial charge in [0.2, 0.25) is 10.0 Å². The summed E-state index contributed by atoms with van der Waals surface area (Å²) in [5, 5.41) is 0.264. The van der Waals surface area contributed by atoms with E-state index in [2.05, 4.69) is 4.72 Å². The molecule has 0 heterocycles. The van der Waals surface area contributed by atoms with Crippen LogP contribution in [-0.4, -0.2) is 21.6 Å². The average molecular weight is 298 g/mol. The Balaban J connectivity index is 3.28. The summed E-state index contributed by atoms with van der Waals surface area (Å²) in [6.07, 6.45) is 0. The standard InChI is InChI=1S/C10H13Cl2NO3S/c1-6(2)13-17(14,15)10-5-7(11)9(16-3)4-8(10)12/h4-6,13H,1-3H3. The predicted octanol–water partition coefficient (Wildman–Crippen LogP) is 2.69. The zero-order chi connectivity index (χ0) is 13.2. The van der Waals surface area contributed by atoms with Crippen molar-refractivity contribution in [1.29, 1.82) is 0 Å².